The van der Waals surface area contributed by atoms with E-state index in [2.05, 4.69) is 31.0 Å². The van der Waals surface area contributed by atoms with Crippen LogP contribution in [0.3, 0.4) is 0 Å². The highest BCUT2D eigenvalue weighted by Gasteiger charge is 2.29. The van der Waals surface area contributed by atoms with Gasteiger partial charge in [-0.3, -0.25) is 14.8 Å². The SMILES string of the molecule is CCCOc1ccc2c(c1)-c1nn(CCN(CC)CC)c3ccc([N+](=O)[O-])c(c13)N2. The van der Waals surface area contributed by atoms with Gasteiger partial charge in [0.1, 0.15) is 17.1 Å². The quantitative estimate of drug-likeness (QED) is 0.316. The first kappa shape index (κ1) is 20.2. The van der Waals surface area contributed by atoms with E-state index in [0.717, 1.165) is 66.2 Å². The summed E-state index contributed by atoms with van der Waals surface area (Å²) in [6, 6.07) is 9.13. The van der Waals surface area contributed by atoms with Crippen molar-refractivity contribution in [1.82, 2.24) is 14.7 Å². The summed E-state index contributed by atoms with van der Waals surface area (Å²) in [5.41, 5.74) is 3.94. The lowest BCUT2D eigenvalue weighted by Gasteiger charge is -2.19. The van der Waals surface area contributed by atoms with Crippen LogP contribution in [0.15, 0.2) is 30.3 Å². The van der Waals surface area contributed by atoms with Gasteiger partial charge in [0.05, 0.1) is 29.0 Å². The van der Waals surface area contributed by atoms with Crippen molar-refractivity contribution in [3.63, 3.8) is 0 Å². The molecule has 0 saturated heterocycles. The van der Waals surface area contributed by atoms with Gasteiger partial charge in [-0.1, -0.05) is 20.8 Å². The van der Waals surface area contributed by atoms with Gasteiger partial charge in [-0.15, -0.1) is 0 Å². The summed E-state index contributed by atoms with van der Waals surface area (Å²) in [5, 5.41) is 20.6. The Morgan fingerprint density at radius 1 is 1.20 bits per heavy atom. The number of nitrogens with one attached hydrogen (secondary N) is 1. The number of ether oxygens (including phenoxy) is 1. The van der Waals surface area contributed by atoms with E-state index in [1.807, 2.05) is 22.9 Å². The summed E-state index contributed by atoms with van der Waals surface area (Å²) in [6.07, 6.45) is 0.925. The zero-order chi connectivity index (χ0) is 21.3. The molecular formula is C22H27N5O3. The van der Waals surface area contributed by atoms with Gasteiger partial charge in [0.2, 0.25) is 0 Å². The first-order chi connectivity index (χ1) is 14.6. The maximum Gasteiger partial charge on any atom is 0.293 e. The first-order valence-electron chi connectivity index (χ1n) is 10.5. The van der Waals surface area contributed by atoms with Crippen LogP contribution < -0.4 is 10.1 Å². The van der Waals surface area contributed by atoms with Crippen LogP contribution in [0.4, 0.5) is 17.1 Å². The Morgan fingerprint density at radius 2 is 2.00 bits per heavy atom. The summed E-state index contributed by atoms with van der Waals surface area (Å²) in [6.45, 7) is 10.5. The molecule has 0 amide bonds. The largest absolute Gasteiger partial charge is 0.494 e. The number of hydrogen-bond acceptors (Lipinski definition) is 6. The van der Waals surface area contributed by atoms with Crippen LogP contribution in [0.1, 0.15) is 27.2 Å². The van der Waals surface area contributed by atoms with E-state index in [1.165, 1.54) is 0 Å². The molecule has 0 fully saturated rings. The minimum atomic E-state index is -0.345. The zero-order valence-corrected chi connectivity index (χ0v) is 17.6. The van der Waals surface area contributed by atoms with Crippen LogP contribution in [0.25, 0.3) is 22.2 Å². The standard InChI is InChI=1S/C22H27N5O3/c1-4-13-30-15-7-8-17-16(14-15)21-20-18(9-10-19(27(28)29)22(20)23-17)26(24-21)12-11-25(5-2)6-3/h7-10,14,23H,4-6,11-13H2,1-3H3. The number of nitrogens with zero attached hydrogens (tertiary/aromatic N) is 4. The Labute approximate surface area is 175 Å². The minimum Gasteiger partial charge on any atom is -0.494 e. The lowest BCUT2D eigenvalue weighted by atomic mass is 9.99. The highest BCUT2D eigenvalue weighted by atomic mass is 16.6. The smallest absolute Gasteiger partial charge is 0.293 e. The molecule has 1 aromatic heterocycles. The summed E-state index contributed by atoms with van der Waals surface area (Å²) >= 11 is 0. The fraction of sp³-hybridized carbons (Fsp3) is 0.409. The number of likely N-dealkylation sites (N-methyl/N-ethyl adjacent to an activating group) is 1. The molecule has 0 atom stereocenters. The predicted octanol–water partition coefficient (Wildman–Crippen LogP) is 4.80. The summed E-state index contributed by atoms with van der Waals surface area (Å²) in [7, 11) is 0. The lowest BCUT2D eigenvalue weighted by molar-refractivity contribution is -0.383. The van der Waals surface area contributed by atoms with E-state index in [9.17, 15) is 10.1 Å². The van der Waals surface area contributed by atoms with Gasteiger partial charge < -0.3 is 15.0 Å². The highest BCUT2D eigenvalue weighted by Crippen LogP contribution is 2.47. The monoisotopic (exact) mass is 409 g/mol. The van der Waals surface area contributed by atoms with Crippen molar-refractivity contribution >= 4 is 28.0 Å². The summed E-state index contributed by atoms with van der Waals surface area (Å²) in [5.74, 6) is 0.775. The summed E-state index contributed by atoms with van der Waals surface area (Å²) in [4.78, 5) is 13.6. The molecular weight excluding hydrogens is 382 g/mol. The number of aromatic nitrogens is 2. The molecule has 2 aromatic carbocycles. The van der Waals surface area contributed by atoms with Crippen molar-refractivity contribution in [2.45, 2.75) is 33.7 Å². The van der Waals surface area contributed by atoms with Gasteiger partial charge in [0.25, 0.3) is 5.69 Å². The van der Waals surface area contributed by atoms with Gasteiger partial charge in [-0.2, -0.15) is 5.10 Å². The number of benzene rings is 2. The second kappa shape index (κ2) is 8.31. The molecule has 0 spiro atoms. The maximum absolute atomic E-state index is 11.7. The zero-order valence-electron chi connectivity index (χ0n) is 17.6. The van der Waals surface area contributed by atoms with Crippen molar-refractivity contribution in [1.29, 1.82) is 0 Å². The average molecular weight is 409 g/mol. The molecule has 0 bridgehead atoms. The van der Waals surface area contributed by atoms with E-state index < -0.39 is 0 Å². The molecule has 3 aromatic rings. The number of nitro benzene ring substituents is 1. The molecule has 0 aliphatic carbocycles. The van der Waals surface area contributed by atoms with Gasteiger partial charge in [0.15, 0.2) is 0 Å². The van der Waals surface area contributed by atoms with Crippen LogP contribution in [0, 0.1) is 10.1 Å². The topological polar surface area (TPSA) is 85.5 Å². The number of rotatable bonds is 9. The second-order valence-electron chi connectivity index (χ2n) is 7.39. The van der Waals surface area contributed by atoms with Crippen LogP contribution in [0.2, 0.25) is 0 Å². The van der Waals surface area contributed by atoms with Crippen molar-refractivity contribution < 1.29 is 9.66 Å². The Balaban J connectivity index is 1.84. The van der Waals surface area contributed by atoms with Crippen LogP contribution in [0.5, 0.6) is 5.75 Å². The second-order valence-corrected chi connectivity index (χ2v) is 7.39. The maximum atomic E-state index is 11.7. The molecule has 30 heavy (non-hydrogen) atoms. The molecule has 8 heteroatoms. The molecule has 1 aliphatic rings. The van der Waals surface area contributed by atoms with Crippen molar-refractivity contribution in [3.8, 4) is 17.0 Å². The fourth-order valence-electron chi connectivity index (χ4n) is 3.95. The number of anilines is 2. The van der Waals surface area contributed by atoms with Crippen molar-refractivity contribution in [2.75, 3.05) is 31.6 Å². The average Bonchev–Trinajstić information content (AvgIpc) is 3.13. The third kappa shape index (κ3) is 3.47. The van der Waals surface area contributed by atoms with E-state index in [1.54, 1.807) is 12.1 Å². The van der Waals surface area contributed by atoms with Gasteiger partial charge in [0, 0.05) is 23.9 Å². The van der Waals surface area contributed by atoms with Crippen LogP contribution in [-0.4, -0.2) is 45.8 Å². The third-order valence-electron chi connectivity index (χ3n) is 5.59. The van der Waals surface area contributed by atoms with Crippen molar-refractivity contribution in [3.05, 3.63) is 40.4 Å². The fourth-order valence-corrected chi connectivity index (χ4v) is 3.95. The van der Waals surface area contributed by atoms with Gasteiger partial charge in [-0.25, -0.2) is 0 Å². The van der Waals surface area contributed by atoms with Crippen molar-refractivity contribution in [2.24, 2.45) is 0 Å². The van der Waals surface area contributed by atoms with Gasteiger partial charge in [-0.05, 0) is 43.8 Å². The number of fused-ring (bicyclic) bond motifs is 2. The predicted molar refractivity (Wildman–Crippen MR) is 119 cm³/mol. The Morgan fingerprint density at radius 3 is 2.70 bits per heavy atom. The Bertz CT molecular complexity index is 1090. The first-order valence-corrected chi connectivity index (χ1v) is 10.5. The number of nitro groups is 1. The molecule has 1 aliphatic heterocycles. The van der Waals surface area contributed by atoms with E-state index in [0.29, 0.717) is 12.3 Å². The molecule has 2 heterocycles. The molecule has 0 saturated carbocycles. The summed E-state index contributed by atoms with van der Waals surface area (Å²) < 4.78 is 7.77. The molecule has 8 nitrogen and oxygen atoms in total. The minimum absolute atomic E-state index is 0.0593. The molecule has 0 unspecified atom stereocenters. The number of hydrogen-bond donors (Lipinski definition) is 1. The van der Waals surface area contributed by atoms with Gasteiger partial charge >= 0.3 is 0 Å². The highest BCUT2D eigenvalue weighted by molar-refractivity contribution is 6.12. The van der Waals surface area contributed by atoms with Crippen LogP contribution in [-0.2, 0) is 6.54 Å². The third-order valence-corrected chi connectivity index (χ3v) is 5.59. The normalized spacial score (nSPS) is 12.1. The molecule has 158 valence electrons. The Hall–Kier alpha value is -3.13. The van der Waals surface area contributed by atoms with E-state index in [4.69, 9.17) is 9.84 Å². The lowest BCUT2D eigenvalue weighted by Crippen LogP contribution is -2.27. The van der Waals surface area contributed by atoms with E-state index in [-0.39, 0.29) is 10.6 Å². The molecule has 4 rings (SSSR count). The van der Waals surface area contributed by atoms with Crippen LogP contribution >= 0.6 is 0 Å². The Kier molecular flexibility index (Phi) is 5.59. The van der Waals surface area contributed by atoms with E-state index >= 15 is 0 Å². The molecule has 1 N–H and O–H groups in total. The molecule has 0 radical (unpaired) electrons.